The number of nitrogens with zero attached hydrogens (tertiary/aromatic N) is 4. The summed E-state index contributed by atoms with van der Waals surface area (Å²) in [7, 11) is 1.28. The maximum atomic E-state index is 14.0. The van der Waals surface area contributed by atoms with Crippen molar-refractivity contribution >= 4 is 34.8 Å². The third-order valence-electron chi connectivity index (χ3n) is 12.2. The number of likely N-dealkylation sites (tertiary alicyclic amines) is 2. The van der Waals surface area contributed by atoms with Gasteiger partial charge in [0.2, 0.25) is 5.91 Å². The molecule has 2 fully saturated rings. The number of ether oxygens (including phenoxy) is 2. The number of carbonyl (C=O) groups excluding carboxylic acids is 3. The lowest BCUT2D eigenvalue weighted by molar-refractivity contribution is -0.135. The number of carbonyl (C=O) groups is 4. The lowest BCUT2D eigenvalue weighted by Crippen LogP contribution is -2.50. The Hall–Kier alpha value is -7.16. The fraction of sp³-hybridized carbons (Fsp3) is 0.319. The standard InChI is InChI=1S/C47H48N8O7/c1-26(2)39(52-46(58)59)44(56)55-20-8-12-37(55)43-50-35-25-62-38-23-31(17-18-33(38)41(35)51-43)29-13-14-30-22-32(16-15-28(30)21-29)34-24-48-42(49-34)36-11-7-19-54(36)45(57)40(53-47(60)61-3)27-9-5-4-6-10-27/h4-6,9-10,13-18,21-24,26,36-37,39-40,52H,7-8,11-12,19-20,25H2,1-3H3,(H,48,49)(H,50,51)(H,53,60)(H,58,59). The highest BCUT2D eigenvalue weighted by Crippen LogP contribution is 2.42. The zero-order valence-corrected chi connectivity index (χ0v) is 34.7. The second-order valence-corrected chi connectivity index (χ2v) is 16.4. The van der Waals surface area contributed by atoms with Gasteiger partial charge in [0.05, 0.1) is 42.5 Å². The van der Waals surface area contributed by atoms with Gasteiger partial charge >= 0.3 is 12.2 Å². The molecule has 5 N–H and O–H groups in total. The molecule has 0 aliphatic carbocycles. The van der Waals surface area contributed by atoms with E-state index in [2.05, 4.69) is 63.1 Å². The third kappa shape index (κ3) is 7.70. The normalized spacial score (nSPS) is 17.9. The highest BCUT2D eigenvalue weighted by Gasteiger charge is 2.39. The first-order valence-electron chi connectivity index (χ1n) is 21.0. The molecular weight excluding hydrogens is 789 g/mol. The molecule has 9 rings (SSSR count). The first kappa shape index (κ1) is 40.3. The number of carboxylic acid groups (broad SMARTS) is 1. The number of imidazole rings is 2. The first-order valence-corrected chi connectivity index (χ1v) is 21.0. The van der Waals surface area contributed by atoms with Gasteiger partial charge in [-0.1, -0.05) is 74.5 Å². The lowest BCUT2D eigenvalue weighted by Gasteiger charge is -2.29. The molecule has 0 spiro atoms. The third-order valence-corrected chi connectivity index (χ3v) is 12.2. The molecule has 3 aliphatic rings. The number of aromatic nitrogens is 4. The molecule has 318 valence electrons. The quantitative estimate of drug-likeness (QED) is 0.0912. The van der Waals surface area contributed by atoms with Crippen LogP contribution >= 0.6 is 0 Å². The molecule has 2 saturated heterocycles. The Bertz CT molecular complexity index is 2680. The fourth-order valence-corrected chi connectivity index (χ4v) is 9.06. The van der Waals surface area contributed by atoms with Crippen LogP contribution in [-0.4, -0.2) is 85.1 Å². The van der Waals surface area contributed by atoms with Crippen LogP contribution in [-0.2, 0) is 20.9 Å². The van der Waals surface area contributed by atoms with E-state index in [0.717, 1.165) is 81.5 Å². The minimum atomic E-state index is -1.22. The van der Waals surface area contributed by atoms with Crippen LogP contribution in [0.2, 0.25) is 0 Å². The van der Waals surface area contributed by atoms with Crippen LogP contribution in [0.5, 0.6) is 5.75 Å². The summed E-state index contributed by atoms with van der Waals surface area (Å²) < 4.78 is 11.1. The summed E-state index contributed by atoms with van der Waals surface area (Å²) >= 11 is 0. The van der Waals surface area contributed by atoms with Crippen molar-refractivity contribution in [2.45, 2.75) is 70.3 Å². The zero-order valence-electron chi connectivity index (χ0n) is 34.7. The maximum absolute atomic E-state index is 14.0. The fourth-order valence-electron chi connectivity index (χ4n) is 9.06. The van der Waals surface area contributed by atoms with Crippen molar-refractivity contribution in [3.63, 3.8) is 0 Å². The Morgan fingerprint density at radius 1 is 0.806 bits per heavy atom. The number of nitrogens with one attached hydrogen (secondary N) is 4. The number of benzene rings is 4. The number of fused-ring (bicyclic) bond motifs is 4. The molecule has 2 aromatic heterocycles. The molecule has 4 unspecified atom stereocenters. The number of hydrogen-bond acceptors (Lipinski definition) is 8. The van der Waals surface area contributed by atoms with Gasteiger partial charge in [0.1, 0.15) is 36.1 Å². The molecule has 0 radical (unpaired) electrons. The summed E-state index contributed by atoms with van der Waals surface area (Å²) in [6.07, 6.45) is 2.99. The number of hydrogen-bond donors (Lipinski definition) is 5. The van der Waals surface area contributed by atoms with Gasteiger partial charge in [-0.3, -0.25) is 9.59 Å². The number of rotatable bonds is 10. The van der Waals surface area contributed by atoms with Crippen molar-refractivity contribution in [3.05, 3.63) is 114 Å². The largest absolute Gasteiger partial charge is 0.487 e. The number of H-pyrrole nitrogens is 2. The second-order valence-electron chi connectivity index (χ2n) is 16.4. The summed E-state index contributed by atoms with van der Waals surface area (Å²) in [6.45, 7) is 5.05. The van der Waals surface area contributed by atoms with E-state index in [1.807, 2.05) is 56.3 Å². The predicted octanol–water partition coefficient (Wildman–Crippen LogP) is 7.90. The maximum Gasteiger partial charge on any atom is 0.407 e. The van der Waals surface area contributed by atoms with E-state index < -0.39 is 24.3 Å². The Morgan fingerprint density at radius 3 is 2.18 bits per heavy atom. The summed E-state index contributed by atoms with van der Waals surface area (Å²) in [5.41, 5.74) is 7.01. The molecule has 4 amide bonds. The van der Waals surface area contributed by atoms with E-state index in [0.29, 0.717) is 36.9 Å². The van der Waals surface area contributed by atoms with Crippen LogP contribution in [0, 0.1) is 5.92 Å². The summed E-state index contributed by atoms with van der Waals surface area (Å²) in [5.74, 6) is 1.43. The van der Waals surface area contributed by atoms with Gasteiger partial charge in [0.25, 0.3) is 5.91 Å². The van der Waals surface area contributed by atoms with Gasteiger partial charge in [0, 0.05) is 24.2 Å². The molecule has 15 nitrogen and oxygen atoms in total. The summed E-state index contributed by atoms with van der Waals surface area (Å²) in [6, 6.07) is 25.6. The van der Waals surface area contributed by atoms with Crippen molar-refractivity contribution in [1.82, 2.24) is 40.4 Å². The van der Waals surface area contributed by atoms with Crippen molar-refractivity contribution in [1.29, 1.82) is 0 Å². The van der Waals surface area contributed by atoms with Crippen LogP contribution in [0.3, 0.4) is 0 Å². The molecule has 15 heteroatoms. The number of methoxy groups -OCH3 is 1. The first-order chi connectivity index (χ1) is 30.1. The minimum absolute atomic E-state index is 0.204. The molecule has 4 aromatic carbocycles. The SMILES string of the molecule is COC(=O)NC(C(=O)N1CCCC1c1ncc(-c2ccc3cc(-c4ccc5c(c4)OCc4[nH]c(C6CCCN6C(=O)C(NC(=O)O)C(C)C)nc4-5)ccc3c2)[nH]1)c1ccccc1. The van der Waals surface area contributed by atoms with E-state index in [-0.39, 0.29) is 29.8 Å². The topological polar surface area (TPSA) is 195 Å². The molecule has 4 atom stereocenters. The van der Waals surface area contributed by atoms with Crippen LogP contribution in [0.15, 0.2) is 91.1 Å². The van der Waals surface area contributed by atoms with Crippen molar-refractivity contribution in [3.8, 4) is 39.4 Å². The zero-order chi connectivity index (χ0) is 43.1. The Balaban J connectivity index is 0.909. The van der Waals surface area contributed by atoms with Crippen LogP contribution in [0.25, 0.3) is 44.4 Å². The van der Waals surface area contributed by atoms with E-state index in [1.165, 1.54) is 7.11 Å². The van der Waals surface area contributed by atoms with E-state index in [4.69, 9.17) is 19.4 Å². The Kier molecular flexibility index (Phi) is 10.9. The van der Waals surface area contributed by atoms with E-state index in [9.17, 15) is 24.3 Å². The minimum Gasteiger partial charge on any atom is -0.487 e. The van der Waals surface area contributed by atoms with Gasteiger partial charge in [-0.25, -0.2) is 19.6 Å². The van der Waals surface area contributed by atoms with Crippen molar-refractivity contribution < 1.29 is 33.8 Å². The summed E-state index contributed by atoms with van der Waals surface area (Å²) in [4.78, 5) is 71.4. The smallest absolute Gasteiger partial charge is 0.407 e. The van der Waals surface area contributed by atoms with Crippen LogP contribution in [0.1, 0.15) is 80.6 Å². The average molecular weight is 837 g/mol. The summed E-state index contributed by atoms with van der Waals surface area (Å²) in [5, 5.41) is 16.6. The van der Waals surface area contributed by atoms with Crippen LogP contribution < -0.4 is 15.4 Å². The van der Waals surface area contributed by atoms with E-state index >= 15 is 0 Å². The van der Waals surface area contributed by atoms with Gasteiger partial charge in [-0.2, -0.15) is 0 Å². The molecular formula is C47H48N8O7. The molecule has 0 saturated carbocycles. The predicted molar refractivity (Wildman–Crippen MR) is 231 cm³/mol. The molecule has 5 heterocycles. The highest BCUT2D eigenvalue weighted by atomic mass is 16.5. The van der Waals surface area contributed by atoms with Crippen molar-refractivity contribution in [2.75, 3.05) is 20.2 Å². The number of aromatic amines is 2. The highest BCUT2D eigenvalue weighted by molar-refractivity contribution is 5.91. The van der Waals surface area contributed by atoms with Gasteiger partial charge < -0.3 is 45.0 Å². The number of amides is 4. The monoisotopic (exact) mass is 836 g/mol. The second kappa shape index (κ2) is 16.7. The molecule has 6 aromatic rings. The molecule has 0 bridgehead atoms. The molecule has 3 aliphatic heterocycles. The number of alkyl carbamates (subject to hydrolysis) is 1. The van der Waals surface area contributed by atoms with E-state index in [1.54, 1.807) is 16.0 Å². The Morgan fingerprint density at radius 2 is 1.47 bits per heavy atom. The van der Waals surface area contributed by atoms with Crippen molar-refractivity contribution in [2.24, 2.45) is 5.92 Å². The Labute approximate surface area is 357 Å². The average Bonchev–Trinajstić information content (AvgIpc) is 4.13. The lowest BCUT2D eigenvalue weighted by atomic mass is 9.97. The molecule has 62 heavy (non-hydrogen) atoms. The van der Waals surface area contributed by atoms with Gasteiger partial charge in [0.15, 0.2) is 0 Å². The van der Waals surface area contributed by atoms with Gasteiger partial charge in [-0.15, -0.1) is 0 Å². The van der Waals surface area contributed by atoms with Crippen LogP contribution in [0.4, 0.5) is 9.59 Å². The van der Waals surface area contributed by atoms with Gasteiger partial charge in [-0.05, 0) is 83.3 Å².